The number of nitrogens with zero attached hydrogens (tertiary/aromatic N) is 1. The lowest BCUT2D eigenvalue weighted by molar-refractivity contribution is 0.145. The molecule has 0 aliphatic carbocycles. The molecule has 0 aliphatic heterocycles. The largest absolute Gasteiger partial charge is 0.542 e. The molecule has 0 atom stereocenters. The van der Waals surface area contributed by atoms with Gasteiger partial charge in [0.05, 0.1) is 6.61 Å². The van der Waals surface area contributed by atoms with Gasteiger partial charge in [-0.05, 0) is 24.4 Å². The van der Waals surface area contributed by atoms with Gasteiger partial charge in [-0.1, -0.05) is 6.08 Å². The fourth-order valence-electron chi connectivity index (χ4n) is 1.24. The van der Waals surface area contributed by atoms with Crippen molar-refractivity contribution >= 4 is 6.09 Å². The molecule has 1 N–H and O–H groups in total. The van der Waals surface area contributed by atoms with Crippen LogP contribution in [0.1, 0.15) is 25.2 Å². The molecule has 7 heteroatoms. The van der Waals surface area contributed by atoms with Crippen molar-refractivity contribution in [3.05, 3.63) is 29.2 Å². The van der Waals surface area contributed by atoms with E-state index in [1.807, 2.05) is 0 Å². The molecule has 0 aliphatic rings. The standard InChI is InChI=1S/C11H16N2O5/c1-2-7-12-10(14)16-8-5-3-4-6-9-13-18-11(15)17-9/h2H,1,3-8H2,(H,12,14). The second kappa shape index (κ2) is 8.10. The number of carbonyl (C=O) groups excluding carboxylic acids is 1. The number of nitrogens with one attached hydrogen (secondary N) is 1. The molecule has 1 aromatic rings. The second-order valence-corrected chi connectivity index (χ2v) is 3.54. The highest BCUT2D eigenvalue weighted by atomic mass is 16.6. The van der Waals surface area contributed by atoms with Gasteiger partial charge in [0.1, 0.15) is 0 Å². The van der Waals surface area contributed by atoms with Crippen molar-refractivity contribution in [1.82, 2.24) is 10.5 Å². The number of hydrogen-bond acceptors (Lipinski definition) is 6. The molecule has 100 valence electrons. The van der Waals surface area contributed by atoms with E-state index in [4.69, 9.17) is 4.74 Å². The Morgan fingerprint density at radius 2 is 2.28 bits per heavy atom. The van der Waals surface area contributed by atoms with Crippen LogP contribution in [-0.2, 0) is 11.2 Å². The van der Waals surface area contributed by atoms with Gasteiger partial charge in [-0.25, -0.2) is 9.59 Å². The molecule has 1 amide bonds. The van der Waals surface area contributed by atoms with E-state index >= 15 is 0 Å². The Bertz CT molecular complexity index is 423. The van der Waals surface area contributed by atoms with Crippen molar-refractivity contribution in [2.45, 2.75) is 25.7 Å². The van der Waals surface area contributed by atoms with Gasteiger partial charge >= 0.3 is 11.9 Å². The van der Waals surface area contributed by atoms with Crippen LogP contribution < -0.4 is 11.1 Å². The average Bonchev–Trinajstić information content (AvgIpc) is 2.77. The molecule has 0 spiro atoms. The smallest absolute Gasteiger partial charge is 0.450 e. The van der Waals surface area contributed by atoms with Gasteiger partial charge in [0.2, 0.25) is 5.89 Å². The summed E-state index contributed by atoms with van der Waals surface area (Å²) < 4.78 is 13.8. The number of alkyl carbamates (subject to hydrolysis) is 1. The zero-order valence-corrected chi connectivity index (χ0v) is 10.0. The van der Waals surface area contributed by atoms with Gasteiger partial charge in [0.25, 0.3) is 0 Å². The highest BCUT2D eigenvalue weighted by Crippen LogP contribution is 2.02. The van der Waals surface area contributed by atoms with Crippen LogP contribution in [0.2, 0.25) is 0 Å². The van der Waals surface area contributed by atoms with Crippen molar-refractivity contribution in [1.29, 1.82) is 0 Å². The van der Waals surface area contributed by atoms with Gasteiger partial charge in [-0.15, -0.1) is 6.58 Å². The number of aryl methyl sites for hydroxylation is 1. The third-order valence-corrected chi connectivity index (χ3v) is 2.08. The third kappa shape index (κ3) is 5.88. The highest BCUT2D eigenvalue weighted by Gasteiger charge is 2.03. The van der Waals surface area contributed by atoms with E-state index in [1.54, 1.807) is 6.08 Å². The maximum atomic E-state index is 11.0. The fourth-order valence-corrected chi connectivity index (χ4v) is 1.24. The van der Waals surface area contributed by atoms with Gasteiger partial charge < -0.3 is 14.5 Å². The Balaban J connectivity index is 1.97. The molecule has 0 aromatic carbocycles. The maximum absolute atomic E-state index is 11.0. The summed E-state index contributed by atoms with van der Waals surface area (Å²) in [5.74, 6) is -0.489. The fraction of sp³-hybridized carbons (Fsp3) is 0.545. The Labute approximate surface area is 104 Å². The SMILES string of the molecule is C=CCNC(=O)OCCCCCc1noc(=O)o1. The molecule has 0 saturated carbocycles. The molecule has 1 aromatic heterocycles. The number of aromatic nitrogens is 1. The lowest BCUT2D eigenvalue weighted by Crippen LogP contribution is -2.24. The summed E-state index contributed by atoms with van der Waals surface area (Å²) in [7, 11) is 0. The second-order valence-electron chi connectivity index (χ2n) is 3.54. The molecule has 1 heterocycles. The maximum Gasteiger partial charge on any atom is 0.542 e. The van der Waals surface area contributed by atoms with Gasteiger partial charge in [0.15, 0.2) is 0 Å². The number of rotatable bonds is 8. The van der Waals surface area contributed by atoms with Crippen molar-refractivity contribution in [3.63, 3.8) is 0 Å². The molecular weight excluding hydrogens is 240 g/mol. The Morgan fingerprint density at radius 1 is 1.44 bits per heavy atom. The van der Waals surface area contributed by atoms with Crippen LogP contribution in [0.5, 0.6) is 0 Å². The Kier molecular flexibility index (Phi) is 6.31. The van der Waals surface area contributed by atoms with Crippen LogP contribution in [0.4, 0.5) is 4.79 Å². The lowest BCUT2D eigenvalue weighted by Gasteiger charge is -2.04. The Morgan fingerprint density at radius 3 is 2.94 bits per heavy atom. The van der Waals surface area contributed by atoms with E-state index in [0.29, 0.717) is 25.5 Å². The van der Waals surface area contributed by atoms with E-state index in [-0.39, 0.29) is 0 Å². The molecule has 0 fully saturated rings. The van der Waals surface area contributed by atoms with Crippen molar-refractivity contribution in [2.24, 2.45) is 0 Å². The molecule has 1 rings (SSSR count). The highest BCUT2D eigenvalue weighted by molar-refractivity contribution is 5.67. The molecular formula is C11H16N2O5. The summed E-state index contributed by atoms with van der Waals surface area (Å²) in [6.45, 7) is 4.21. The minimum atomic E-state index is -0.785. The summed E-state index contributed by atoms with van der Waals surface area (Å²) >= 11 is 0. The van der Waals surface area contributed by atoms with Gasteiger partial charge in [-0.2, -0.15) is 0 Å². The summed E-state index contributed by atoms with van der Waals surface area (Å²) in [6.07, 6.45) is 4.03. The summed E-state index contributed by atoms with van der Waals surface area (Å²) in [4.78, 5) is 21.5. The predicted molar refractivity (Wildman–Crippen MR) is 62.1 cm³/mol. The predicted octanol–water partition coefficient (Wildman–Crippen LogP) is 1.25. The first-order valence-corrected chi connectivity index (χ1v) is 5.69. The molecule has 0 radical (unpaired) electrons. The number of unbranched alkanes of at least 4 members (excludes halogenated alkanes) is 2. The first kappa shape index (κ1) is 14.0. The van der Waals surface area contributed by atoms with Crippen molar-refractivity contribution in [2.75, 3.05) is 13.2 Å². The van der Waals surface area contributed by atoms with Crippen molar-refractivity contribution < 1.29 is 18.5 Å². The zero-order valence-electron chi connectivity index (χ0n) is 10.0. The monoisotopic (exact) mass is 256 g/mol. The first-order valence-electron chi connectivity index (χ1n) is 5.69. The number of ether oxygens (including phenoxy) is 1. The number of hydrogen-bond donors (Lipinski definition) is 1. The lowest BCUT2D eigenvalue weighted by atomic mass is 10.2. The van der Waals surface area contributed by atoms with Crippen LogP contribution in [-0.4, -0.2) is 24.4 Å². The summed E-state index contributed by atoms with van der Waals surface area (Å²) in [5, 5.41) is 5.94. The normalized spacial score (nSPS) is 10.0. The van der Waals surface area contributed by atoms with Crippen LogP contribution in [0.25, 0.3) is 0 Å². The minimum absolute atomic E-state index is 0.296. The van der Waals surface area contributed by atoms with Crippen LogP contribution in [0.15, 0.2) is 26.4 Å². The van der Waals surface area contributed by atoms with E-state index in [1.165, 1.54) is 0 Å². The molecule has 0 unspecified atom stereocenters. The Hall–Kier alpha value is -2.05. The molecule has 0 bridgehead atoms. The van der Waals surface area contributed by atoms with Gasteiger partial charge in [-0.3, -0.25) is 4.52 Å². The van der Waals surface area contributed by atoms with Crippen LogP contribution >= 0.6 is 0 Å². The van der Waals surface area contributed by atoms with Gasteiger partial charge in [0, 0.05) is 13.0 Å². The first-order chi connectivity index (χ1) is 8.72. The minimum Gasteiger partial charge on any atom is -0.450 e. The van der Waals surface area contributed by atoms with Crippen LogP contribution in [0, 0.1) is 0 Å². The van der Waals surface area contributed by atoms with E-state index in [9.17, 15) is 9.59 Å². The summed E-state index contributed by atoms with van der Waals surface area (Å²) in [5.41, 5.74) is 0. The average molecular weight is 256 g/mol. The van der Waals surface area contributed by atoms with E-state index in [2.05, 4.69) is 26.0 Å². The quantitative estimate of drug-likeness (QED) is 0.555. The molecule has 7 nitrogen and oxygen atoms in total. The number of carbonyl (C=O) groups is 1. The van der Waals surface area contributed by atoms with E-state index in [0.717, 1.165) is 19.3 Å². The molecule has 18 heavy (non-hydrogen) atoms. The molecule has 0 saturated heterocycles. The zero-order chi connectivity index (χ0) is 13.2. The topological polar surface area (TPSA) is 94.6 Å². The number of amides is 1. The summed E-state index contributed by atoms with van der Waals surface area (Å²) in [6, 6.07) is 0. The van der Waals surface area contributed by atoms with E-state index < -0.39 is 11.9 Å². The van der Waals surface area contributed by atoms with Crippen LogP contribution in [0.3, 0.4) is 0 Å². The van der Waals surface area contributed by atoms with Crippen molar-refractivity contribution in [3.8, 4) is 0 Å². The third-order valence-electron chi connectivity index (χ3n) is 2.08.